The van der Waals surface area contributed by atoms with Gasteiger partial charge in [0.2, 0.25) is 0 Å². The van der Waals surface area contributed by atoms with Crippen LogP contribution >= 0.6 is 0 Å². The lowest BCUT2D eigenvalue weighted by molar-refractivity contribution is 0.102. The predicted octanol–water partition coefficient (Wildman–Crippen LogP) is 2.00. The summed E-state index contributed by atoms with van der Waals surface area (Å²) in [7, 11) is 1.71. The average molecular weight is 304 g/mol. The maximum Gasteiger partial charge on any atom is 0.257 e. The molecule has 0 saturated heterocycles. The topological polar surface area (TPSA) is 96.5 Å². The van der Waals surface area contributed by atoms with Gasteiger partial charge in [-0.15, -0.1) is 5.10 Å². The fourth-order valence-electron chi connectivity index (χ4n) is 2.17. The molecule has 1 aromatic heterocycles. The van der Waals surface area contributed by atoms with Crippen LogP contribution in [0.5, 0.6) is 0 Å². The maximum atomic E-state index is 12.4. The quantitative estimate of drug-likeness (QED) is 0.798. The molecule has 3 rings (SSSR count). The van der Waals surface area contributed by atoms with Gasteiger partial charge in [0.1, 0.15) is 0 Å². The van der Waals surface area contributed by atoms with E-state index in [1.165, 1.54) is 4.68 Å². The highest BCUT2D eigenvalue weighted by molar-refractivity contribution is 6.06. The highest BCUT2D eigenvalue weighted by Gasteiger charge is 2.15. The van der Waals surface area contributed by atoms with Crippen LogP contribution < -0.4 is 5.32 Å². The highest BCUT2D eigenvalue weighted by Crippen LogP contribution is 2.20. The van der Waals surface area contributed by atoms with Crippen LogP contribution in [0, 0.1) is 11.3 Å². The van der Waals surface area contributed by atoms with Gasteiger partial charge in [-0.25, -0.2) is 4.68 Å². The molecule has 1 heterocycles. The summed E-state index contributed by atoms with van der Waals surface area (Å²) in [6.07, 6.45) is 0. The van der Waals surface area contributed by atoms with E-state index in [9.17, 15) is 10.1 Å². The molecule has 1 amide bonds. The molecule has 0 spiro atoms. The van der Waals surface area contributed by atoms with Crippen molar-refractivity contribution in [3.63, 3.8) is 0 Å². The predicted molar refractivity (Wildman–Crippen MR) is 83.3 cm³/mol. The molecule has 0 fully saturated rings. The smallest absolute Gasteiger partial charge is 0.257 e. The van der Waals surface area contributed by atoms with Crippen LogP contribution in [0.3, 0.4) is 0 Å². The number of aromatic nitrogens is 4. The fraction of sp³-hybridized carbons (Fsp3) is 0.0625. The number of hydrogen-bond donors (Lipinski definition) is 1. The van der Waals surface area contributed by atoms with Crippen molar-refractivity contribution in [2.45, 2.75) is 0 Å². The Labute approximate surface area is 132 Å². The van der Waals surface area contributed by atoms with E-state index < -0.39 is 0 Å². The third-order valence-corrected chi connectivity index (χ3v) is 3.29. The third-order valence-electron chi connectivity index (χ3n) is 3.29. The van der Waals surface area contributed by atoms with E-state index in [4.69, 9.17) is 0 Å². The molecule has 23 heavy (non-hydrogen) atoms. The lowest BCUT2D eigenvalue weighted by Gasteiger charge is -2.08. The Bertz CT molecular complexity index is 894. The summed E-state index contributed by atoms with van der Waals surface area (Å²) in [4.78, 5) is 12.4. The number of para-hydroxylation sites is 1. The van der Waals surface area contributed by atoms with Gasteiger partial charge in [-0.05, 0) is 34.7 Å². The second-order valence-electron chi connectivity index (χ2n) is 4.82. The number of carbonyl (C=O) groups excluding carboxylic acids is 1. The number of carbonyl (C=O) groups is 1. The second kappa shape index (κ2) is 6.07. The van der Waals surface area contributed by atoms with Gasteiger partial charge in [-0.1, -0.05) is 24.3 Å². The molecule has 0 saturated carbocycles. The van der Waals surface area contributed by atoms with Crippen LogP contribution in [-0.4, -0.2) is 26.1 Å². The summed E-state index contributed by atoms with van der Waals surface area (Å²) in [5.74, 6) is 0.187. The first-order valence-electron chi connectivity index (χ1n) is 6.82. The summed E-state index contributed by atoms with van der Waals surface area (Å²) < 4.78 is 1.50. The van der Waals surface area contributed by atoms with Crippen LogP contribution in [0.4, 0.5) is 5.69 Å². The molecule has 0 atom stereocenters. The van der Waals surface area contributed by atoms with Crippen molar-refractivity contribution >= 4 is 11.6 Å². The summed E-state index contributed by atoms with van der Waals surface area (Å²) >= 11 is 0. The van der Waals surface area contributed by atoms with Crippen LogP contribution in [0.1, 0.15) is 15.9 Å². The normalized spacial score (nSPS) is 10.1. The van der Waals surface area contributed by atoms with E-state index in [1.54, 1.807) is 37.4 Å². The first-order valence-corrected chi connectivity index (χ1v) is 6.82. The zero-order chi connectivity index (χ0) is 16.2. The van der Waals surface area contributed by atoms with E-state index in [-0.39, 0.29) is 11.5 Å². The Morgan fingerprint density at radius 3 is 2.65 bits per heavy atom. The van der Waals surface area contributed by atoms with E-state index in [1.807, 2.05) is 24.3 Å². The van der Waals surface area contributed by atoms with Crippen LogP contribution in [0.2, 0.25) is 0 Å². The summed E-state index contributed by atoms with van der Waals surface area (Å²) in [6.45, 7) is 0. The van der Waals surface area contributed by atoms with Crippen molar-refractivity contribution in [2.75, 3.05) is 5.32 Å². The summed E-state index contributed by atoms with van der Waals surface area (Å²) in [5, 5.41) is 23.3. The zero-order valence-electron chi connectivity index (χ0n) is 12.3. The molecule has 0 unspecified atom stereocenters. The van der Waals surface area contributed by atoms with Crippen molar-refractivity contribution in [1.82, 2.24) is 20.2 Å². The van der Waals surface area contributed by atoms with Crippen molar-refractivity contribution in [3.05, 3.63) is 59.7 Å². The number of anilines is 1. The van der Waals surface area contributed by atoms with E-state index >= 15 is 0 Å². The number of hydrogen-bond acceptors (Lipinski definition) is 5. The number of rotatable bonds is 3. The van der Waals surface area contributed by atoms with Crippen molar-refractivity contribution < 1.29 is 4.79 Å². The second-order valence-corrected chi connectivity index (χ2v) is 4.82. The average Bonchev–Trinajstić information content (AvgIpc) is 3.01. The van der Waals surface area contributed by atoms with Gasteiger partial charge < -0.3 is 5.32 Å². The first kappa shape index (κ1) is 14.4. The van der Waals surface area contributed by atoms with E-state index in [0.29, 0.717) is 22.6 Å². The zero-order valence-corrected chi connectivity index (χ0v) is 12.3. The Morgan fingerprint density at radius 2 is 2.00 bits per heavy atom. The molecule has 0 aliphatic rings. The number of tetrazole rings is 1. The van der Waals surface area contributed by atoms with E-state index in [0.717, 1.165) is 0 Å². The Hall–Kier alpha value is -3.53. The molecule has 0 bridgehead atoms. The molecule has 3 aromatic rings. The molecule has 0 aliphatic heterocycles. The fourth-order valence-corrected chi connectivity index (χ4v) is 2.17. The number of amides is 1. The number of benzene rings is 2. The molecule has 2 aromatic carbocycles. The third kappa shape index (κ3) is 2.91. The molecule has 1 N–H and O–H groups in total. The van der Waals surface area contributed by atoms with Gasteiger partial charge >= 0.3 is 0 Å². The Kier molecular flexibility index (Phi) is 3.80. The molecular formula is C16H12N6O. The van der Waals surface area contributed by atoms with Crippen molar-refractivity contribution in [1.29, 1.82) is 5.26 Å². The molecule has 0 radical (unpaired) electrons. The molecule has 112 valence electrons. The number of nitrogens with one attached hydrogen (secondary N) is 1. The Morgan fingerprint density at radius 1 is 1.22 bits per heavy atom. The largest absolute Gasteiger partial charge is 0.322 e. The minimum atomic E-state index is -0.338. The standard InChI is InChI=1S/C16H12N6O/c1-22-15(19-20-21-22)11-7-8-14(12(9-11)10-17)16(23)18-13-5-3-2-4-6-13/h2-9H,1H3,(H,18,23). The minimum absolute atomic E-state index is 0.263. The Balaban J connectivity index is 1.93. The van der Waals surface area contributed by atoms with Gasteiger partial charge in [0.05, 0.1) is 17.2 Å². The monoisotopic (exact) mass is 304 g/mol. The van der Waals surface area contributed by atoms with Crippen LogP contribution in [-0.2, 0) is 7.05 Å². The molecular weight excluding hydrogens is 292 g/mol. The van der Waals surface area contributed by atoms with Crippen molar-refractivity contribution in [3.8, 4) is 17.5 Å². The number of nitrogens with zero attached hydrogens (tertiary/aromatic N) is 5. The van der Waals surface area contributed by atoms with Gasteiger partial charge in [0, 0.05) is 18.3 Å². The van der Waals surface area contributed by atoms with Crippen molar-refractivity contribution in [2.24, 2.45) is 7.05 Å². The molecule has 0 aliphatic carbocycles. The summed E-state index contributed by atoms with van der Waals surface area (Å²) in [6, 6.07) is 16.0. The number of nitriles is 1. The minimum Gasteiger partial charge on any atom is -0.322 e. The lowest BCUT2D eigenvalue weighted by atomic mass is 10.0. The number of aryl methyl sites for hydroxylation is 1. The first-order chi connectivity index (χ1) is 11.2. The van der Waals surface area contributed by atoms with Gasteiger partial charge in [0.25, 0.3) is 5.91 Å². The lowest BCUT2D eigenvalue weighted by Crippen LogP contribution is -2.13. The maximum absolute atomic E-state index is 12.4. The van der Waals surface area contributed by atoms with Gasteiger partial charge in [0.15, 0.2) is 5.82 Å². The van der Waals surface area contributed by atoms with Crippen LogP contribution in [0.15, 0.2) is 48.5 Å². The van der Waals surface area contributed by atoms with Gasteiger partial charge in [-0.2, -0.15) is 5.26 Å². The summed E-state index contributed by atoms with van der Waals surface area (Å²) in [5.41, 5.74) is 1.91. The van der Waals surface area contributed by atoms with E-state index in [2.05, 4.69) is 20.8 Å². The molecule has 7 heteroatoms. The highest BCUT2D eigenvalue weighted by atomic mass is 16.1. The molecule has 7 nitrogen and oxygen atoms in total. The van der Waals surface area contributed by atoms with Crippen LogP contribution in [0.25, 0.3) is 11.4 Å². The van der Waals surface area contributed by atoms with Gasteiger partial charge in [-0.3, -0.25) is 4.79 Å². The SMILES string of the molecule is Cn1nnnc1-c1ccc(C(=O)Nc2ccccc2)c(C#N)c1.